The molecule has 1 N–H and O–H groups in total. The molecule has 0 unspecified atom stereocenters. The maximum absolute atomic E-state index is 10.4. The highest BCUT2D eigenvalue weighted by Gasteiger charge is 2.15. The molecule has 1 aliphatic rings. The summed E-state index contributed by atoms with van der Waals surface area (Å²) < 4.78 is 5.62. The molecule has 1 aliphatic heterocycles. The van der Waals surface area contributed by atoms with Crippen molar-refractivity contribution in [2.45, 2.75) is 18.9 Å². The van der Waals surface area contributed by atoms with Gasteiger partial charge in [0, 0.05) is 12.1 Å². The summed E-state index contributed by atoms with van der Waals surface area (Å²) in [6.07, 6.45) is 3.27. The summed E-state index contributed by atoms with van der Waals surface area (Å²) in [5, 5.41) is 13.7. The molecule has 1 aromatic heterocycles. The van der Waals surface area contributed by atoms with E-state index < -0.39 is 4.92 Å². The van der Waals surface area contributed by atoms with Gasteiger partial charge in [0.1, 0.15) is 12.3 Å². The standard InChI is InChI=1S/C10H13N3O3.ClH/c14-13(15)8-1-2-10(12-7-8)16-9-3-5-11-6-4-9;/h1-2,7,9,11H,3-6H2;1H. The van der Waals surface area contributed by atoms with Crippen molar-refractivity contribution in [2.24, 2.45) is 0 Å². The maximum atomic E-state index is 10.4. The molecule has 94 valence electrons. The first kappa shape index (κ1) is 13.7. The van der Waals surface area contributed by atoms with Crippen molar-refractivity contribution in [3.05, 3.63) is 28.4 Å². The Balaban J connectivity index is 0.00000144. The maximum Gasteiger partial charge on any atom is 0.287 e. The van der Waals surface area contributed by atoms with E-state index in [0.717, 1.165) is 25.9 Å². The molecule has 1 saturated heterocycles. The van der Waals surface area contributed by atoms with Crippen LogP contribution in [0.2, 0.25) is 0 Å². The van der Waals surface area contributed by atoms with Gasteiger partial charge in [0.2, 0.25) is 5.88 Å². The number of hydrogen-bond donors (Lipinski definition) is 1. The molecule has 0 amide bonds. The molecule has 1 aromatic rings. The normalized spacial score (nSPS) is 16.0. The van der Waals surface area contributed by atoms with Crippen LogP contribution in [0.25, 0.3) is 0 Å². The van der Waals surface area contributed by atoms with Gasteiger partial charge in [0.05, 0.1) is 4.92 Å². The number of piperidine rings is 1. The van der Waals surface area contributed by atoms with Crippen LogP contribution < -0.4 is 10.1 Å². The molecule has 7 heteroatoms. The quantitative estimate of drug-likeness (QED) is 0.658. The molecule has 1 fully saturated rings. The fourth-order valence-electron chi connectivity index (χ4n) is 1.63. The zero-order valence-corrected chi connectivity index (χ0v) is 9.98. The van der Waals surface area contributed by atoms with Crippen LogP contribution in [0.3, 0.4) is 0 Å². The molecule has 0 aliphatic carbocycles. The number of nitrogens with zero attached hydrogens (tertiary/aromatic N) is 2. The lowest BCUT2D eigenvalue weighted by Crippen LogP contribution is -2.34. The number of halogens is 1. The second kappa shape index (κ2) is 6.36. The number of ether oxygens (including phenoxy) is 1. The Bertz CT molecular complexity index is 366. The summed E-state index contributed by atoms with van der Waals surface area (Å²) >= 11 is 0. The molecule has 0 spiro atoms. The number of aromatic nitrogens is 1. The van der Waals surface area contributed by atoms with E-state index in [-0.39, 0.29) is 24.2 Å². The van der Waals surface area contributed by atoms with E-state index in [1.54, 1.807) is 6.07 Å². The smallest absolute Gasteiger partial charge is 0.287 e. The number of nitro groups is 1. The molecular formula is C10H14ClN3O3. The average molecular weight is 260 g/mol. The van der Waals surface area contributed by atoms with E-state index in [4.69, 9.17) is 4.74 Å². The summed E-state index contributed by atoms with van der Waals surface area (Å²) in [6.45, 7) is 1.88. The van der Waals surface area contributed by atoms with Crippen molar-refractivity contribution in [2.75, 3.05) is 13.1 Å². The monoisotopic (exact) mass is 259 g/mol. The molecule has 0 radical (unpaired) electrons. The Morgan fingerprint density at radius 2 is 2.12 bits per heavy atom. The van der Waals surface area contributed by atoms with E-state index in [1.807, 2.05) is 0 Å². The highest BCUT2D eigenvalue weighted by atomic mass is 35.5. The molecule has 6 nitrogen and oxygen atoms in total. The SMILES string of the molecule is Cl.O=[N+]([O-])c1ccc(OC2CCNCC2)nc1. The van der Waals surface area contributed by atoms with Gasteiger partial charge in [-0.25, -0.2) is 4.98 Å². The molecule has 0 saturated carbocycles. The third-order valence-corrected chi connectivity index (χ3v) is 2.51. The number of hydrogen-bond acceptors (Lipinski definition) is 5. The summed E-state index contributed by atoms with van der Waals surface area (Å²) in [5.74, 6) is 0.456. The van der Waals surface area contributed by atoms with Gasteiger partial charge in [0.25, 0.3) is 5.69 Å². The Kier molecular flexibility index (Phi) is 5.11. The zero-order chi connectivity index (χ0) is 11.4. The third kappa shape index (κ3) is 3.83. The highest BCUT2D eigenvalue weighted by Crippen LogP contribution is 2.17. The van der Waals surface area contributed by atoms with E-state index in [9.17, 15) is 10.1 Å². The van der Waals surface area contributed by atoms with Crippen molar-refractivity contribution >= 4 is 18.1 Å². The summed E-state index contributed by atoms with van der Waals surface area (Å²) in [4.78, 5) is 13.9. The first-order valence-electron chi connectivity index (χ1n) is 5.23. The fourth-order valence-corrected chi connectivity index (χ4v) is 1.63. The summed E-state index contributed by atoms with van der Waals surface area (Å²) in [5.41, 5.74) is -0.0161. The van der Waals surface area contributed by atoms with Crippen LogP contribution in [0.5, 0.6) is 5.88 Å². The molecule has 2 rings (SSSR count). The first-order valence-corrected chi connectivity index (χ1v) is 5.23. The van der Waals surface area contributed by atoms with Crippen molar-refractivity contribution in [1.82, 2.24) is 10.3 Å². The summed E-state index contributed by atoms with van der Waals surface area (Å²) in [6, 6.07) is 2.95. The van der Waals surface area contributed by atoms with Crippen molar-refractivity contribution in [1.29, 1.82) is 0 Å². The largest absolute Gasteiger partial charge is 0.474 e. The van der Waals surface area contributed by atoms with E-state index in [2.05, 4.69) is 10.3 Å². The molecule has 0 atom stereocenters. The van der Waals surface area contributed by atoms with Gasteiger partial charge in [-0.05, 0) is 25.9 Å². The topological polar surface area (TPSA) is 77.3 Å². The van der Waals surface area contributed by atoms with E-state index in [0.29, 0.717) is 5.88 Å². The number of nitrogens with one attached hydrogen (secondary N) is 1. The van der Waals surface area contributed by atoms with Crippen LogP contribution in [0, 0.1) is 10.1 Å². The van der Waals surface area contributed by atoms with Crippen LogP contribution in [-0.4, -0.2) is 29.1 Å². The molecule has 0 bridgehead atoms. The van der Waals surface area contributed by atoms with Gasteiger partial charge in [0.15, 0.2) is 0 Å². The van der Waals surface area contributed by atoms with Crippen molar-refractivity contribution in [3.8, 4) is 5.88 Å². The van der Waals surface area contributed by atoms with Crippen molar-refractivity contribution in [3.63, 3.8) is 0 Å². The molecule has 2 heterocycles. The average Bonchev–Trinajstić information content (AvgIpc) is 2.31. The van der Waals surface area contributed by atoms with Crippen LogP contribution in [0.15, 0.2) is 18.3 Å². The summed E-state index contributed by atoms with van der Waals surface area (Å²) in [7, 11) is 0. The second-order valence-corrected chi connectivity index (χ2v) is 3.68. The predicted molar refractivity (Wildman–Crippen MR) is 64.7 cm³/mol. The Labute approximate surface area is 105 Å². The lowest BCUT2D eigenvalue weighted by Gasteiger charge is -2.22. The van der Waals surface area contributed by atoms with Crippen molar-refractivity contribution < 1.29 is 9.66 Å². The van der Waals surface area contributed by atoms with Gasteiger partial charge < -0.3 is 10.1 Å². The van der Waals surface area contributed by atoms with Gasteiger partial charge in [-0.2, -0.15) is 0 Å². The van der Waals surface area contributed by atoms with Gasteiger partial charge in [-0.15, -0.1) is 12.4 Å². The zero-order valence-electron chi connectivity index (χ0n) is 9.17. The minimum Gasteiger partial charge on any atom is -0.474 e. The van der Waals surface area contributed by atoms with Gasteiger partial charge in [-0.1, -0.05) is 0 Å². The van der Waals surface area contributed by atoms with Crippen LogP contribution in [0.4, 0.5) is 5.69 Å². The molecule has 0 aromatic carbocycles. The second-order valence-electron chi connectivity index (χ2n) is 3.68. The third-order valence-electron chi connectivity index (χ3n) is 2.51. The highest BCUT2D eigenvalue weighted by molar-refractivity contribution is 5.85. The minimum absolute atomic E-state index is 0. The van der Waals surface area contributed by atoms with Crippen LogP contribution >= 0.6 is 12.4 Å². The number of rotatable bonds is 3. The minimum atomic E-state index is -0.471. The van der Waals surface area contributed by atoms with Crippen LogP contribution in [-0.2, 0) is 0 Å². The van der Waals surface area contributed by atoms with E-state index >= 15 is 0 Å². The molecule has 17 heavy (non-hydrogen) atoms. The van der Waals surface area contributed by atoms with Gasteiger partial charge >= 0.3 is 0 Å². The lowest BCUT2D eigenvalue weighted by atomic mass is 10.1. The first-order chi connectivity index (χ1) is 7.75. The lowest BCUT2D eigenvalue weighted by molar-refractivity contribution is -0.385. The number of pyridine rings is 1. The molecular weight excluding hydrogens is 246 g/mol. The Morgan fingerprint density at radius 3 is 2.65 bits per heavy atom. The Hall–Kier alpha value is -1.40. The van der Waals surface area contributed by atoms with Gasteiger partial charge in [-0.3, -0.25) is 10.1 Å². The fraction of sp³-hybridized carbons (Fsp3) is 0.500. The van der Waals surface area contributed by atoms with E-state index in [1.165, 1.54) is 12.3 Å². The predicted octanol–water partition coefficient (Wildman–Crippen LogP) is 1.54. The van der Waals surface area contributed by atoms with Crippen LogP contribution in [0.1, 0.15) is 12.8 Å². The Morgan fingerprint density at radius 1 is 1.41 bits per heavy atom.